The van der Waals surface area contributed by atoms with Crippen LogP contribution in [-0.4, -0.2) is 27.3 Å². The fraction of sp³-hybridized carbons (Fsp3) is 0.235. The van der Waals surface area contributed by atoms with Gasteiger partial charge < -0.3 is 10.1 Å². The number of ether oxygens (including phenoxy) is 1. The van der Waals surface area contributed by atoms with Crippen molar-refractivity contribution < 1.29 is 4.74 Å². The van der Waals surface area contributed by atoms with Gasteiger partial charge in [-0.05, 0) is 40.1 Å². The lowest BCUT2D eigenvalue weighted by molar-refractivity contribution is 0.412. The standard InChI is InChI=1S/C17H17N5O/c1-23-14-9-7-12(8-10-14)15-11-16(13-5-3-2-4-6-13)22-17(18-15)19-20-21-22/h2-10,15-16H,11H2,1H3,(H,18,19,21)/t15-,16-/m0/s1. The molecule has 2 aromatic carbocycles. The summed E-state index contributed by atoms with van der Waals surface area (Å²) >= 11 is 0. The van der Waals surface area contributed by atoms with E-state index in [9.17, 15) is 0 Å². The second-order valence-corrected chi connectivity index (χ2v) is 5.58. The number of methoxy groups -OCH3 is 1. The number of fused-ring (bicyclic) bond motifs is 1. The van der Waals surface area contributed by atoms with Gasteiger partial charge in [0.05, 0.1) is 19.2 Å². The predicted molar refractivity (Wildman–Crippen MR) is 86.4 cm³/mol. The maximum absolute atomic E-state index is 5.23. The smallest absolute Gasteiger partial charge is 0.243 e. The lowest BCUT2D eigenvalue weighted by atomic mass is 9.93. The molecule has 6 nitrogen and oxygen atoms in total. The second kappa shape index (κ2) is 5.72. The van der Waals surface area contributed by atoms with Crippen LogP contribution in [0, 0.1) is 0 Å². The summed E-state index contributed by atoms with van der Waals surface area (Å²) in [4.78, 5) is 0. The van der Waals surface area contributed by atoms with E-state index >= 15 is 0 Å². The van der Waals surface area contributed by atoms with Gasteiger partial charge in [-0.15, -0.1) is 0 Å². The first-order chi connectivity index (χ1) is 11.3. The highest BCUT2D eigenvalue weighted by atomic mass is 16.5. The average molecular weight is 307 g/mol. The molecule has 23 heavy (non-hydrogen) atoms. The van der Waals surface area contributed by atoms with Gasteiger partial charge >= 0.3 is 0 Å². The van der Waals surface area contributed by atoms with Gasteiger partial charge in [-0.2, -0.15) is 0 Å². The minimum absolute atomic E-state index is 0.120. The molecule has 116 valence electrons. The largest absolute Gasteiger partial charge is 0.497 e. The zero-order chi connectivity index (χ0) is 15.6. The minimum atomic E-state index is 0.120. The molecule has 0 aliphatic carbocycles. The highest BCUT2D eigenvalue weighted by molar-refractivity contribution is 5.39. The Balaban J connectivity index is 1.69. The maximum Gasteiger partial charge on any atom is 0.243 e. The molecule has 1 aromatic heterocycles. The highest BCUT2D eigenvalue weighted by Crippen LogP contribution is 2.37. The lowest BCUT2D eigenvalue weighted by Crippen LogP contribution is -2.28. The summed E-state index contributed by atoms with van der Waals surface area (Å²) in [5.74, 6) is 1.56. The molecule has 0 spiro atoms. The van der Waals surface area contributed by atoms with Crippen LogP contribution in [-0.2, 0) is 0 Å². The molecule has 1 aliphatic rings. The number of hydrogen-bond acceptors (Lipinski definition) is 5. The van der Waals surface area contributed by atoms with Crippen LogP contribution < -0.4 is 10.1 Å². The molecule has 1 aliphatic heterocycles. The third-order valence-electron chi connectivity index (χ3n) is 4.25. The number of nitrogens with one attached hydrogen (secondary N) is 1. The van der Waals surface area contributed by atoms with E-state index in [2.05, 4.69) is 45.1 Å². The van der Waals surface area contributed by atoms with Crippen molar-refractivity contribution in [3.63, 3.8) is 0 Å². The summed E-state index contributed by atoms with van der Waals surface area (Å²) in [5.41, 5.74) is 2.40. The van der Waals surface area contributed by atoms with Crippen LogP contribution >= 0.6 is 0 Å². The number of nitrogens with zero attached hydrogens (tertiary/aromatic N) is 4. The van der Waals surface area contributed by atoms with E-state index in [0.29, 0.717) is 5.95 Å². The van der Waals surface area contributed by atoms with Gasteiger partial charge in [0.2, 0.25) is 5.95 Å². The van der Waals surface area contributed by atoms with E-state index in [1.807, 2.05) is 35.0 Å². The highest BCUT2D eigenvalue weighted by Gasteiger charge is 2.30. The van der Waals surface area contributed by atoms with Crippen molar-refractivity contribution >= 4 is 5.95 Å². The number of anilines is 1. The molecule has 0 unspecified atom stereocenters. The monoisotopic (exact) mass is 307 g/mol. The average Bonchev–Trinajstić information content (AvgIpc) is 3.10. The number of rotatable bonds is 3. The minimum Gasteiger partial charge on any atom is -0.497 e. The van der Waals surface area contributed by atoms with Crippen LogP contribution in [0.4, 0.5) is 5.95 Å². The van der Waals surface area contributed by atoms with Crippen molar-refractivity contribution in [3.8, 4) is 5.75 Å². The van der Waals surface area contributed by atoms with Crippen LogP contribution in [0.15, 0.2) is 54.6 Å². The first-order valence-electron chi connectivity index (χ1n) is 7.58. The molecule has 2 heterocycles. The van der Waals surface area contributed by atoms with Gasteiger partial charge in [0.15, 0.2) is 0 Å². The summed E-state index contributed by atoms with van der Waals surface area (Å²) in [7, 11) is 1.67. The second-order valence-electron chi connectivity index (χ2n) is 5.58. The fourth-order valence-corrected chi connectivity index (χ4v) is 3.04. The zero-order valence-corrected chi connectivity index (χ0v) is 12.8. The van der Waals surface area contributed by atoms with Gasteiger partial charge in [-0.3, -0.25) is 0 Å². The van der Waals surface area contributed by atoms with E-state index in [-0.39, 0.29) is 12.1 Å². The molecule has 0 fully saturated rings. The molecule has 2 atom stereocenters. The lowest BCUT2D eigenvalue weighted by Gasteiger charge is -2.31. The Labute approximate surface area is 134 Å². The molecule has 0 amide bonds. The maximum atomic E-state index is 5.23. The fourth-order valence-electron chi connectivity index (χ4n) is 3.04. The van der Waals surface area contributed by atoms with Crippen LogP contribution in [0.2, 0.25) is 0 Å². The third-order valence-corrected chi connectivity index (χ3v) is 4.25. The first-order valence-corrected chi connectivity index (χ1v) is 7.58. The van der Waals surface area contributed by atoms with E-state index in [4.69, 9.17) is 4.74 Å². The molecule has 0 radical (unpaired) electrons. The Morgan fingerprint density at radius 1 is 1.04 bits per heavy atom. The molecule has 0 bridgehead atoms. The van der Waals surface area contributed by atoms with Crippen molar-refractivity contribution in [2.75, 3.05) is 12.4 Å². The molecule has 1 N–H and O–H groups in total. The molecule has 6 heteroatoms. The van der Waals surface area contributed by atoms with Gasteiger partial charge in [-0.25, -0.2) is 4.68 Å². The Morgan fingerprint density at radius 2 is 1.83 bits per heavy atom. The topological polar surface area (TPSA) is 64.9 Å². The Bertz CT molecular complexity index is 784. The number of hydrogen-bond donors (Lipinski definition) is 1. The van der Waals surface area contributed by atoms with Crippen molar-refractivity contribution in [2.24, 2.45) is 0 Å². The van der Waals surface area contributed by atoms with Gasteiger partial charge in [0.25, 0.3) is 0 Å². The first kappa shape index (κ1) is 13.8. The zero-order valence-electron chi connectivity index (χ0n) is 12.8. The van der Waals surface area contributed by atoms with Crippen LogP contribution in [0.25, 0.3) is 0 Å². The number of benzene rings is 2. The summed E-state index contributed by atoms with van der Waals surface area (Å²) in [5, 5.41) is 15.5. The van der Waals surface area contributed by atoms with Crippen molar-refractivity contribution in [1.82, 2.24) is 20.2 Å². The van der Waals surface area contributed by atoms with Crippen molar-refractivity contribution in [2.45, 2.75) is 18.5 Å². The number of tetrazole rings is 1. The van der Waals surface area contributed by atoms with Crippen LogP contribution in [0.3, 0.4) is 0 Å². The molecule has 3 aromatic rings. The van der Waals surface area contributed by atoms with Crippen LogP contribution in [0.5, 0.6) is 5.75 Å². The molecular formula is C17H17N5O. The summed E-state index contributed by atoms with van der Waals surface area (Å²) in [6.07, 6.45) is 0.883. The summed E-state index contributed by atoms with van der Waals surface area (Å²) in [6, 6.07) is 18.7. The Morgan fingerprint density at radius 3 is 2.57 bits per heavy atom. The normalized spacial score (nSPS) is 19.7. The SMILES string of the molecule is COc1ccc([C@@H]2C[C@@H](c3ccccc3)n3nnnc3N2)cc1. The van der Waals surface area contributed by atoms with Crippen molar-refractivity contribution in [3.05, 3.63) is 65.7 Å². The predicted octanol–water partition coefficient (Wildman–Crippen LogP) is 2.83. The molecular weight excluding hydrogens is 290 g/mol. The Hall–Kier alpha value is -2.89. The van der Waals surface area contributed by atoms with Crippen LogP contribution in [0.1, 0.15) is 29.6 Å². The molecule has 0 saturated heterocycles. The third kappa shape index (κ3) is 2.52. The van der Waals surface area contributed by atoms with Gasteiger partial charge in [0.1, 0.15) is 5.75 Å². The summed E-state index contributed by atoms with van der Waals surface area (Å²) < 4.78 is 7.09. The van der Waals surface area contributed by atoms with E-state index in [0.717, 1.165) is 12.2 Å². The quantitative estimate of drug-likeness (QED) is 0.806. The van der Waals surface area contributed by atoms with E-state index in [1.165, 1.54) is 11.1 Å². The van der Waals surface area contributed by atoms with Crippen molar-refractivity contribution in [1.29, 1.82) is 0 Å². The van der Waals surface area contributed by atoms with Gasteiger partial charge in [-0.1, -0.05) is 47.6 Å². The number of aromatic nitrogens is 4. The molecule has 0 saturated carbocycles. The molecule has 4 rings (SSSR count). The van der Waals surface area contributed by atoms with E-state index in [1.54, 1.807) is 7.11 Å². The Kier molecular flexibility index (Phi) is 3.42. The summed E-state index contributed by atoms with van der Waals surface area (Å²) in [6.45, 7) is 0. The van der Waals surface area contributed by atoms with Gasteiger partial charge in [0, 0.05) is 0 Å². The van der Waals surface area contributed by atoms with E-state index < -0.39 is 0 Å².